The van der Waals surface area contributed by atoms with Crippen LogP contribution in [0.15, 0.2) is 47.2 Å². The molecule has 3 rings (SSSR count). The van der Waals surface area contributed by atoms with Gasteiger partial charge in [0, 0.05) is 32.7 Å². The zero-order chi connectivity index (χ0) is 23.8. The second-order valence-corrected chi connectivity index (χ2v) is 10.0. The van der Waals surface area contributed by atoms with Gasteiger partial charge in [0.25, 0.3) is 0 Å². The Morgan fingerprint density at radius 1 is 1.09 bits per heavy atom. The lowest BCUT2D eigenvalue weighted by atomic mass is 9.71. The number of hydrogen-bond donors (Lipinski definition) is 3. The molecule has 33 heavy (non-hydrogen) atoms. The molecular formula is C25H36Cl2N2O4. The smallest absolute Gasteiger partial charge is 0.133 e. The highest BCUT2D eigenvalue weighted by Crippen LogP contribution is 2.40. The van der Waals surface area contributed by atoms with E-state index in [0.29, 0.717) is 17.3 Å². The molecule has 2 aliphatic rings. The second-order valence-electron chi connectivity index (χ2n) is 9.31. The van der Waals surface area contributed by atoms with Crippen molar-refractivity contribution in [1.29, 1.82) is 0 Å². The summed E-state index contributed by atoms with van der Waals surface area (Å²) in [5.41, 5.74) is 1.02. The summed E-state index contributed by atoms with van der Waals surface area (Å²) >= 11 is 12.1. The molecule has 1 unspecified atom stereocenters. The third-order valence-corrected chi connectivity index (χ3v) is 7.06. The van der Waals surface area contributed by atoms with Gasteiger partial charge in [0.15, 0.2) is 0 Å². The number of nitrogens with zero attached hydrogens (tertiary/aromatic N) is 1. The van der Waals surface area contributed by atoms with Gasteiger partial charge in [-0.15, -0.1) is 11.6 Å². The monoisotopic (exact) mass is 498 g/mol. The molecule has 1 aliphatic heterocycles. The molecule has 3 N–H and O–H groups in total. The van der Waals surface area contributed by atoms with Crippen LogP contribution in [-0.4, -0.2) is 79.1 Å². The minimum Gasteiger partial charge on any atom is -0.491 e. The largest absolute Gasteiger partial charge is 0.491 e. The molecule has 1 saturated heterocycles. The number of aliphatic hydroxyl groups excluding tert-OH is 2. The Hall–Kier alpha value is -1.28. The minimum atomic E-state index is -0.713. The number of β-amino-alcohol motifs (C(OH)–C–C–N with tert-alkyl or cyclic N) is 1. The maximum absolute atomic E-state index is 10.3. The molecule has 0 amide bonds. The van der Waals surface area contributed by atoms with Crippen LogP contribution in [0.3, 0.4) is 0 Å². The molecule has 0 bridgehead atoms. The molecular weight excluding hydrogens is 463 g/mol. The van der Waals surface area contributed by atoms with Crippen LogP contribution < -0.4 is 10.1 Å². The van der Waals surface area contributed by atoms with Crippen LogP contribution >= 0.6 is 23.2 Å². The molecule has 1 fully saturated rings. The lowest BCUT2D eigenvalue weighted by Crippen LogP contribution is -2.47. The number of alkyl halides is 1. The second kappa shape index (κ2) is 12.4. The predicted octanol–water partition coefficient (Wildman–Crippen LogP) is 3.25. The van der Waals surface area contributed by atoms with Crippen LogP contribution in [0, 0.1) is 5.92 Å². The van der Waals surface area contributed by atoms with Gasteiger partial charge in [-0.3, -0.25) is 4.90 Å². The Morgan fingerprint density at radius 3 is 2.39 bits per heavy atom. The molecule has 1 aromatic rings. The van der Waals surface area contributed by atoms with E-state index in [1.165, 1.54) is 5.56 Å². The standard InChI is InChI=1S/C25H36Cl2N2O4/c1-25(2,19-5-8-24(23(27)13-19)33-16-20(30)14-26)18-3-6-22(7-4-18)32-17-21(31)15-29-11-9-28-10-12-29/h3-4,6-8,13,19-21,28,30-31H,5,9-12,14-17H2,1-2H3/t19?,20-,21-/m1/s1. The van der Waals surface area contributed by atoms with Crippen LogP contribution in [-0.2, 0) is 10.2 Å². The molecule has 0 aromatic heterocycles. The quantitative estimate of drug-likeness (QED) is 0.406. The van der Waals surface area contributed by atoms with Gasteiger partial charge in [-0.05, 0) is 41.5 Å². The summed E-state index contributed by atoms with van der Waals surface area (Å²) < 4.78 is 11.4. The first kappa shape index (κ1) is 26.3. The van der Waals surface area contributed by atoms with Crippen molar-refractivity contribution in [2.75, 3.05) is 51.8 Å². The van der Waals surface area contributed by atoms with E-state index in [-0.39, 0.29) is 30.4 Å². The number of rotatable bonds is 11. The molecule has 1 heterocycles. The lowest BCUT2D eigenvalue weighted by Gasteiger charge is -2.35. The highest BCUT2D eigenvalue weighted by molar-refractivity contribution is 6.31. The van der Waals surface area contributed by atoms with E-state index in [9.17, 15) is 10.2 Å². The zero-order valence-corrected chi connectivity index (χ0v) is 21.0. The normalized spacial score (nSPS) is 21.7. The fraction of sp³-hybridized carbons (Fsp3) is 0.600. The van der Waals surface area contributed by atoms with E-state index in [2.05, 4.69) is 36.2 Å². The predicted molar refractivity (Wildman–Crippen MR) is 133 cm³/mol. The first-order valence-corrected chi connectivity index (χ1v) is 12.5. The first-order valence-electron chi connectivity index (χ1n) is 11.6. The van der Waals surface area contributed by atoms with Gasteiger partial charge in [-0.1, -0.05) is 43.7 Å². The lowest BCUT2D eigenvalue weighted by molar-refractivity contribution is 0.0641. The molecule has 184 valence electrons. The number of aliphatic hydroxyl groups is 2. The number of hydrogen-bond acceptors (Lipinski definition) is 6. The maximum atomic E-state index is 10.3. The Bertz CT molecular complexity index is 807. The zero-order valence-electron chi connectivity index (χ0n) is 19.5. The van der Waals surface area contributed by atoms with Gasteiger partial charge >= 0.3 is 0 Å². The maximum Gasteiger partial charge on any atom is 0.133 e. The van der Waals surface area contributed by atoms with Crippen LogP contribution in [0.25, 0.3) is 0 Å². The number of nitrogens with one attached hydrogen (secondary N) is 1. The summed E-state index contributed by atoms with van der Waals surface area (Å²) in [7, 11) is 0. The number of benzene rings is 1. The van der Waals surface area contributed by atoms with Gasteiger partial charge < -0.3 is 25.0 Å². The van der Waals surface area contributed by atoms with E-state index in [1.807, 2.05) is 24.3 Å². The third kappa shape index (κ3) is 7.61. The molecule has 8 heteroatoms. The molecule has 6 nitrogen and oxygen atoms in total. The Kier molecular flexibility index (Phi) is 9.92. The van der Waals surface area contributed by atoms with Gasteiger partial charge in [0.2, 0.25) is 0 Å². The fourth-order valence-electron chi connectivity index (χ4n) is 4.15. The third-order valence-electron chi connectivity index (χ3n) is 6.40. The van der Waals surface area contributed by atoms with E-state index in [0.717, 1.165) is 38.3 Å². The van der Waals surface area contributed by atoms with Crippen molar-refractivity contribution in [2.45, 2.75) is 37.9 Å². The summed E-state index contributed by atoms with van der Waals surface area (Å²) in [5.74, 6) is 1.66. The Morgan fingerprint density at radius 2 is 1.76 bits per heavy atom. The van der Waals surface area contributed by atoms with Crippen molar-refractivity contribution in [3.63, 3.8) is 0 Å². The van der Waals surface area contributed by atoms with Crippen LogP contribution in [0.1, 0.15) is 25.8 Å². The van der Waals surface area contributed by atoms with E-state index >= 15 is 0 Å². The first-order chi connectivity index (χ1) is 15.8. The molecule has 1 aliphatic carbocycles. The van der Waals surface area contributed by atoms with Crippen molar-refractivity contribution in [3.8, 4) is 5.75 Å². The number of allylic oxidation sites excluding steroid dienone is 3. The van der Waals surface area contributed by atoms with Crippen molar-refractivity contribution < 1.29 is 19.7 Å². The molecule has 0 spiro atoms. The number of halogens is 2. The van der Waals surface area contributed by atoms with E-state index < -0.39 is 12.2 Å². The average molecular weight is 499 g/mol. The fourth-order valence-corrected chi connectivity index (χ4v) is 4.52. The summed E-state index contributed by atoms with van der Waals surface area (Å²) in [6, 6.07) is 8.07. The highest BCUT2D eigenvalue weighted by Gasteiger charge is 2.32. The average Bonchev–Trinajstić information content (AvgIpc) is 2.82. The Balaban J connectivity index is 1.52. The van der Waals surface area contributed by atoms with Crippen molar-refractivity contribution in [2.24, 2.45) is 5.92 Å². The minimum absolute atomic E-state index is 0.124. The highest BCUT2D eigenvalue weighted by atomic mass is 35.5. The number of ether oxygens (including phenoxy) is 2. The molecule has 3 atom stereocenters. The van der Waals surface area contributed by atoms with Gasteiger partial charge in [0.1, 0.15) is 36.9 Å². The van der Waals surface area contributed by atoms with Crippen LogP contribution in [0.4, 0.5) is 0 Å². The molecule has 0 saturated carbocycles. The molecule has 0 radical (unpaired) electrons. The topological polar surface area (TPSA) is 74.2 Å². The number of piperazine rings is 1. The summed E-state index contributed by atoms with van der Waals surface area (Å²) in [6.07, 6.45) is 3.57. The van der Waals surface area contributed by atoms with E-state index in [4.69, 9.17) is 32.7 Å². The summed E-state index contributed by atoms with van der Waals surface area (Å²) in [5, 5.41) is 23.8. The van der Waals surface area contributed by atoms with Gasteiger partial charge in [-0.25, -0.2) is 0 Å². The summed E-state index contributed by atoms with van der Waals surface area (Å²) in [6.45, 7) is 9.27. The summed E-state index contributed by atoms with van der Waals surface area (Å²) in [4.78, 5) is 2.25. The Labute approximate surface area is 207 Å². The van der Waals surface area contributed by atoms with E-state index in [1.54, 1.807) is 0 Å². The van der Waals surface area contributed by atoms with Crippen LogP contribution in [0.5, 0.6) is 5.75 Å². The van der Waals surface area contributed by atoms with Gasteiger partial charge in [-0.2, -0.15) is 0 Å². The van der Waals surface area contributed by atoms with Gasteiger partial charge in [0.05, 0.1) is 10.9 Å². The SMILES string of the molecule is CC(C)(c1ccc(OC[C@H](O)CN2CCNCC2)cc1)C1C=C(Cl)C(OC[C@H](O)CCl)=CC1. The van der Waals surface area contributed by atoms with Crippen LogP contribution in [0.2, 0.25) is 0 Å². The van der Waals surface area contributed by atoms with Crippen molar-refractivity contribution in [1.82, 2.24) is 10.2 Å². The van der Waals surface area contributed by atoms with Crippen molar-refractivity contribution >= 4 is 23.2 Å². The molecule has 1 aromatic carbocycles. The van der Waals surface area contributed by atoms with Crippen molar-refractivity contribution in [3.05, 3.63) is 52.8 Å².